The predicted octanol–water partition coefficient (Wildman–Crippen LogP) is 5.45. The van der Waals surface area contributed by atoms with E-state index in [9.17, 15) is 4.79 Å². The number of hydrogen-bond acceptors (Lipinski definition) is 3. The monoisotopic (exact) mass is 381 g/mol. The summed E-state index contributed by atoms with van der Waals surface area (Å²) in [6.07, 6.45) is 0. The summed E-state index contributed by atoms with van der Waals surface area (Å²) in [5.41, 5.74) is 5.82. The molecule has 0 spiro atoms. The largest absolute Gasteiger partial charge is 0.339 e. The number of nitrogens with zero attached hydrogens (tertiary/aromatic N) is 3. The molecule has 1 amide bonds. The van der Waals surface area contributed by atoms with Gasteiger partial charge in [-0.15, -0.1) is 0 Å². The van der Waals surface area contributed by atoms with Crippen molar-refractivity contribution in [3.63, 3.8) is 0 Å². The molecule has 0 radical (unpaired) electrons. The van der Waals surface area contributed by atoms with Crippen LogP contribution in [0.1, 0.15) is 24.2 Å². The fourth-order valence-corrected chi connectivity index (χ4v) is 3.48. The van der Waals surface area contributed by atoms with Crippen LogP contribution in [0, 0.1) is 0 Å². The van der Waals surface area contributed by atoms with Crippen LogP contribution in [-0.4, -0.2) is 33.9 Å². The maximum absolute atomic E-state index is 12.8. The third-order valence-corrected chi connectivity index (χ3v) is 5.06. The third kappa shape index (κ3) is 3.74. The van der Waals surface area contributed by atoms with Gasteiger partial charge in [0.15, 0.2) is 0 Å². The van der Waals surface area contributed by atoms with Crippen LogP contribution < -0.4 is 0 Å². The summed E-state index contributed by atoms with van der Waals surface area (Å²) in [6.45, 7) is 5.34. The van der Waals surface area contributed by atoms with Gasteiger partial charge in [-0.3, -0.25) is 4.79 Å². The van der Waals surface area contributed by atoms with E-state index in [4.69, 9.17) is 9.97 Å². The molecule has 0 aliphatic carbocycles. The van der Waals surface area contributed by atoms with Crippen molar-refractivity contribution in [1.82, 2.24) is 14.9 Å². The predicted molar refractivity (Wildman–Crippen MR) is 118 cm³/mol. The SMILES string of the molecule is CCN(CC)C(=O)c1ccc2nc(-c3ccccc3)c(-c3ccccc3)nc2c1. The molecule has 1 heterocycles. The average Bonchev–Trinajstić information content (AvgIpc) is 2.79. The number of amides is 1. The minimum Gasteiger partial charge on any atom is -0.339 e. The lowest BCUT2D eigenvalue weighted by Gasteiger charge is -2.19. The smallest absolute Gasteiger partial charge is 0.253 e. The summed E-state index contributed by atoms with van der Waals surface area (Å²) in [7, 11) is 0. The van der Waals surface area contributed by atoms with Gasteiger partial charge in [-0.2, -0.15) is 0 Å². The number of carbonyl (C=O) groups excluding carboxylic acids is 1. The number of aromatic nitrogens is 2. The van der Waals surface area contributed by atoms with Crippen LogP contribution in [0.2, 0.25) is 0 Å². The second-order valence-electron chi connectivity index (χ2n) is 6.83. The van der Waals surface area contributed by atoms with Crippen molar-refractivity contribution in [3.05, 3.63) is 84.4 Å². The molecule has 0 aliphatic heterocycles. The van der Waals surface area contributed by atoms with E-state index in [1.54, 1.807) is 0 Å². The van der Waals surface area contributed by atoms with Gasteiger partial charge in [0.25, 0.3) is 5.91 Å². The highest BCUT2D eigenvalue weighted by Crippen LogP contribution is 2.31. The topological polar surface area (TPSA) is 46.1 Å². The molecule has 1 aromatic heterocycles. The normalized spacial score (nSPS) is 10.8. The first-order valence-electron chi connectivity index (χ1n) is 9.93. The maximum atomic E-state index is 12.8. The van der Waals surface area contributed by atoms with Crippen LogP contribution in [0.5, 0.6) is 0 Å². The number of carbonyl (C=O) groups is 1. The zero-order chi connectivity index (χ0) is 20.2. The second kappa shape index (κ2) is 8.23. The molecule has 0 aliphatic rings. The van der Waals surface area contributed by atoms with Gasteiger partial charge in [-0.05, 0) is 32.0 Å². The van der Waals surface area contributed by atoms with Crippen molar-refractivity contribution in [2.24, 2.45) is 0 Å². The van der Waals surface area contributed by atoms with Crippen molar-refractivity contribution in [2.45, 2.75) is 13.8 Å². The van der Waals surface area contributed by atoms with Crippen molar-refractivity contribution < 1.29 is 4.79 Å². The van der Waals surface area contributed by atoms with E-state index in [0.717, 1.165) is 33.5 Å². The minimum absolute atomic E-state index is 0.0205. The van der Waals surface area contributed by atoms with Crippen LogP contribution in [0.3, 0.4) is 0 Å². The van der Waals surface area contributed by atoms with E-state index >= 15 is 0 Å². The van der Waals surface area contributed by atoms with E-state index in [1.807, 2.05) is 97.6 Å². The summed E-state index contributed by atoms with van der Waals surface area (Å²) >= 11 is 0. The molecule has 144 valence electrons. The molecular formula is C25H23N3O. The number of hydrogen-bond donors (Lipinski definition) is 0. The van der Waals surface area contributed by atoms with Gasteiger partial charge < -0.3 is 4.90 Å². The molecule has 4 nitrogen and oxygen atoms in total. The van der Waals surface area contributed by atoms with Crippen LogP contribution in [0.4, 0.5) is 0 Å². The van der Waals surface area contributed by atoms with Crippen molar-refractivity contribution >= 4 is 16.9 Å². The van der Waals surface area contributed by atoms with Crippen LogP contribution in [0.15, 0.2) is 78.9 Å². The number of benzene rings is 3. The fraction of sp³-hybridized carbons (Fsp3) is 0.160. The molecule has 0 atom stereocenters. The van der Waals surface area contributed by atoms with Gasteiger partial charge in [-0.1, -0.05) is 60.7 Å². The molecule has 3 aromatic carbocycles. The standard InChI is InChI=1S/C25H23N3O/c1-3-28(4-2)25(29)20-15-16-21-22(17-20)27-24(19-13-9-6-10-14-19)23(26-21)18-11-7-5-8-12-18/h5-17H,3-4H2,1-2H3. The first-order valence-corrected chi connectivity index (χ1v) is 9.93. The van der Waals surface area contributed by atoms with E-state index < -0.39 is 0 Å². The first-order chi connectivity index (χ1) is 14.2. The molecule has 0 saturated heterocycles. The highest BCUT2D eigenvalue weighted by Gasteiger charge is 2.16. The Hall–Kier alpha value is -3.53. The summed E-state index contributed by atoms with van der Waals surface area (Å²) < 4.78 is 0. The molecule has 0 saturated carbocycles. The van der Waals surface area contributed by atoms with Gasteiger partial charge in [-0.25, -0.2) is 9.97 Å². The lowest BCUT2D eigenvalue weighted by molar-refractivity contribution is 0.0773. The van der Waals surface area contributed by atoms with Gasteiger partial charge in [0, 0.05) is 29.8 Å². The Kier molecular flexibility index (Phi) is 5.34. The van der Waals surface area contributed by atoms with Crippen molar-refractivity contribution in [3.8, 4) is 22.5 Å². The Morgan fingerprint density at radius 3 is 1.76 bits per heavy atom. The van der Waals surface area contributed by atoms with E-state index in [1.165, 1.54) is 0 Å². The van der Waals surface area contributed by atoms with Gasteiger partial charge in [0.2, 0.25) is 0 Å². The van der Waals surface area contributed by atoms with Gasteiger partial charge in [0.1, 0.15) is 0 Å². The van der Waals surface area contributed by atoms with Crippen LogP contribution in [-0.2, 0) is 0 Å². The summed E-state index contributed by atoms with van der Waals surface area (Å²) in [5, 5.41) is 0. The number of rotatable bonds is 5. The summed E-state index contributed by atoms with van der Waals surface area (Å²) in [6, 6.07) is 25.7. The Morgan fingerprint density at radius 1 is 0.724 bits per heavy atom. The molecule has 29 heavy (non-hydrogen) atoms. The second-order valence-corrected chi connectivity index (χ2v) is 6.83. The summed E-state index contributed by atoms with van der Waals surface area (Å²) in [5.74, 6) is 0.0205. The van der Waals surface area contributed by atoms with Crippen molar-refractivity contribution in [2.75, 3.05) is 13.1 Å². The Bertz CT molecular complexity index is 1140. The zero-order valence-corrected chi connectivity index (χ0v) is 16.7. The highest BCUT2D eigenvalue weighted by atomic mass is 16.2. The Balaban J connectivity index is 1.90. The first kappa shape index (κ1) is 18.8. The third-order valence-electron chi connectivity index (χ3n) is 5.06. The quantitative estimate of drug-likeness (QED) is 0.462. The lowest BCUT2D eigenvalue weighted by atomic mass is 10.0. The van der Waals surface area contributed by atoms with E-state index in [2.05, 4.69) is 0 Å². The van der Waals surface area contributed by atoms with Gasteiger partial charge >= 0.3 is 0 Å². The molecule has 4 rings (SSSR count). The zero-order valence-electron chi connectivity index (χ0n) is 16.7. The minimum atomic E-state index is 0.0205. The highest BCUT2D eigenvalue weighted by molar-refractivity contribution is 5.98. The molecule has 0 N–H and O–H groups in total. The molecule has 0 bridgehead atoms. The maximum Gasteiger partial charge on any atom is 0.253 e. The molecule has 0 unspecified atom stereocenters. The Labute approximate surface area is 170 Å². The van der Waals surface area contributed by atoms with Crippen molar-refractivity contribution in [1.29, 1.82) is 0 Å². The molecule has 4 heteroatoms. The van der Waals surface area contributed by atoms with E-state index in [-0.39, 0.29) is 5.91 Å². The Morgan fingerprint density at radius 2 is 1.24 bits per heavy atom. The lowest BCUT2D eigenvalue weighted by Crippen LogP contribution is -2.30. The van der Waals surface area contributed by atoms with Gasteiger partial charge in [0.05, 0.1) is 22.4 Å². The molecule has 4 aromatic rings. The van der Waals surface area contributed by atoms with Crippen LogP contribution in [0.25, 0.3) is 33.5 Å². The fourth-order valence-electron chi connectivity index (χ4n) is 3.48. The van der Waals surface area contributed by atoms with E-state index in [0.29, 0.717) is 18.7 Å². The molecular weight excluding hydrogens is 358 g/mol. The molecule has 0 fully saturated rings. The van der Waals surface area contributed by atoms with Crippen LogP contribution >= 0.6 is 0 Å². The average molecular weight is 381 g/mol. The number of fused-ring (bicyclic) bond motifs is 1. The summed E-state index contributed by atoms with van der Waals surface area (Å²) in [4.78, 5) is 24.4.